The van der Waals surface area contributed by atoms with E-state index in [2.05, 4.69) is 11.0 Å². The van der Waals surface area contributed by atoms with Gasteiger partial charge in [0.1, 0.15) is 16.6 Å². The number of hydrogen-bond donors (Lipinski definition) is 2. The van der Waals surface area contributed by atoms with Gasteiger partial charge in [-0.1, -0.05) is 6.07 Å². The second-order valence-electron chi connectivity index (χ2n) is 7.66. The summed E-state index contributed by atoms with van der Waals surface area (Å²) in [7, 11) is 1.64. The summed E-state index contributed by atoms with van der Waals surface area (Å²) in [6, 6.07) is 12.4. The lowest BCUT2D eigenvalue weighted by Crippen LogP contribution is -2.21. The van der Waals surface area contributed by atoms with Crippen LogP contribution in [0.1, 0.15) is 5.56 Å². The Morgan fingerprint density at radius 3 is 2.43 bits per heavy atom. The van der Waals surface area contributed by atoms with Crippen molar-refractivity contribution in [3.8, 4) is 27.6 Å². The molecule has 7 heteroatoms. The number of aliphatic hydroxyl groups is 2. The number of thiazole rings is 1. The molecule has 0 aliphatic carbocycles. The molecule has 2 atom stereocenters. The quantitative estimate of drug-likeness (QED) is 0.601. The number of likely N-dealkylation sites (tertiary alicyclic amines) is 1. The maximum absolute atomic E-state index is 13.2. The summed E-state index contributed by atoms with van der Waals surface area (Å²) in [5.74, 6) is 0.717. The van der Waals surface area contributed by atoms with Gasteiger partial charge in [-0.05, 0) is 42.0 Å². The molecule has 0 radical (unpaired) electrons. The van der Waals surface area contributed by atoms with Gasteiger partial charge in [0.2, 0.25) is 0 Å². The zero-order valence-electron chi connectivity index (χ0n) is 16.8. The van der Waals surface area contributed by atoms with Crippen molar-refractivity contribution in [2.45, 2.75) is 6.54 Å². The average Bonchev–Trinajstić information content (AvgIpc) is 3.41. The number of rotatable bonds is 7. The van der Waals surface area contributed by atoms with E-state index in [0.29, 0.717) is 0 Å². The second kappa shape index (κ2) is 9.22. The second-order valence-corrected chi connectivity index (χ2v) is 8.52. The van der Waals surface area contributed by atoms with E-state index in [9.17, 15) is 14.6 Å². The van der Waals surface area contributed by atoms with Gasteiger partial charge in [0.05, 0.1) is 18.4 Å². The summed E-state index contributed by atoms with van der Waals surface area (Å²) in [6.07, 6.45) is 0. The fourth-order valence-corrected chi connectivity index (χ4v) is 4.86. The largest absolute Gasteiger partial charge is 0.496 e. The Bertz CT molecular complexity index is 980. The van der Waals surface area contributed by atoms with E-state index in [1.165, 1.54) is 23.5 Å². The summed E-state index contributed by atoms with van der Waals surface area (Å²) in [6.45, 7) is 2.48. The van der Waals surface area contributed by atoms with Crippen LogP contribution in [0.2, 0.25) is 0 Å². The topological polar surface area (TPSA) is 65.8 Å². The number of aliphatic hydroxyl groups excluding tert-OH is 2. The maximum atomic E-state index is 13.2. The van der Waals surface area contributed by atoms with Crippen molar-refractivity contribution < 1.29 is 19.3 Å². The van der Waals surface area contributed by atoms with Crippen LogP contribution in [0, 0.1) is 17.7 Å². The molecule has 30 heavy (non-hydrogen) atoms. The van der Waals surface area contributed by atoms with Crippen LogP contribution >= 0.6 is 11.3 Å². The van der Waals surface area contributed by atoms with Gasteiger partial charge in [-0.25, -0.2) is 9.37 Å². The summed E-state index contributed by atoms with van der Waals surface area (Å²) < 4.78 is 18.8. The first kappa shape index (κ1) is 20.9. The van der Waals surface area contributed by atoms with Crippen molar-refractivity contribution in [1.82, 2.24) is 9.88 Å². The minimum Gasteiger partial charge on any atom is -0.496 e. The molecule has 1 aliphatic heterocycles. The highest BCUT2D eigenvalue weighted by Crippen LogP contribution is 2.36. The Hall–Kier alpha value is -2.32. The van der Waals surface area contributed by atoms with E-state index in [1.54, 1.807) is 19.2 Å². The lowest BCUT2D eigenvalue weighted by Gasteiger charge is -2.17. The Labute approximate surface area is 179 Å². The lowest BCUT2D eigenvalue weighted by molar-refractivity contribution is 0.152. The monoisotopic (exact) mass is 428 g/mol. The van der Waals surface area contributed by atoms with E-state index in [1.807, 2.05) is 17.5 Å². The lowest BCUT2D eigenvalue weighted by atomic mass is 9.98. The molecule has 0 amide bonds. The van der Waals surface area contributed by atoms with Crippen LogP contribution in [0.5, 0.6) is 5.75 Å². The van der Waals surface area contributed by atoms with Crippen molar-refractivity contribution in [1.29, 1.82) is 0 Å². The highest BCUT2D eigenvalue weighted by Gasteiger charge is 2.31. The van der Waals surface area contributed by atoms with E-state index in [-0.39, 0.29) is 30.9 Å². The van der Waals surface area contributed by atoms with E-state index in [0.717, 1.165) is 52.8 Å². The summed E-state index contributed by atoms with van der Waals surface area (Å²) in [5.41, 5.74) is 3.72. The van der Waals surface area contributed by atoms with Gasteiger partial charge in [-0.15, -0.1) is 11.3 Å². The molecule has 1 aliphatic rings. The molecular formula is C23H25FN2O3S. The number of benzene rings is 2. The molecule has 0 unspecified atom stereocenters. The first-order valence-electron chi connectivity index (χ1n) is 9.94. The zero-order valence-corrected chi connectivity index (χ0v) is 17.6. The Balaban J connectivity index is 1.57. The minimum atomic E-state index is -0.266. The van der Waals surface area contributed by atoms with E-state index >= 15 is 0 Å². The number of aromatic nitrogens is 1. The molecule has 1 saturated heterocycles. The third kappa shape index (κ3) is 4.39. The molecule has 2 aromatic carbocycles. The highest BCUT2D eigenvalue weighted by atomic mass is 32.1. The fraction of sp³-hybridized carbons (Fsp3) is 0.348. The number of nitrogens with zero attached hydrogens (tertiary/aromatic N) is 2. The van der Waals surface area contributed by atoms with Crippen molar-refractivity contribution in [2.75, 3.05) is 33.4 Å². The number of hydrogen-bond acceptors (Lipinski definition) is 6. The van der Waals surface area contributed by atoms with Gasteiger partial charge in [-0.2, -0.15) is 0 Å². The molecule has 1 fully saturated rings. The van der Waals surface area contributed by atoms with Crippen LogP contribution in [-0.2, 0) is 6.54 Å². The third-order valence-corrected chi connectivity index (χ3v) is 6.54. The van der Waals surface area contributed by atoms with Crippen molar-refractivity contribution >= 4 is 11.3 Å². The van der Waals surface area contributed by atoms with Crippen molar-refractivity contribution in [2.24, 2.45) is 11.8 Å². The maximum Gasteiger partial charge on any atom is 0.129 e. The molecule has 5 nitrogen and oxygen atoms in total. The van der Waals surface area contributed by atoms with Gasteiger partial charge in [-0.3, -0.25) is 4.90 Å². The molecule has 158 valence electrons. The zero-order chi connectivity index (χ0) is 21.1. The molecule has 4 rings (SSSR count). The minimum absolute atomic E-state index is 0.0981. The van der Waals surface area contributed by atoms with Gasteiger partial charge in [0.15, 0.2) is 0 Å². The van der Waals surface area contributed by atoms with Gasteiger partial charge < -0.3 is 14.9 Å². The van der Waals surface area contributed by atoms with Crippen LogP contribution < -0.4 is 4.74 Å². The number of halogens is 1. The van der Waals surface area contributed by atoms with E-state index in [4.69, 9.17) is 9.72 Å². The first-order valence-corrected chi connectivity index (χ1v) is 10.8. The van der Waals surface area contributed by atoms with Gasteiger partial charge in [0.25, 0.3) is 0 Å². The van der Waals surface area contributed by atoms with Crippen LogP contribution in [0.3, 0.4) is 0 Å². The normalized spacial score (nSPS) is 19.3. The average molecular weight is 429 g/mol. The molecule has 2 N–H and O–H groups in total. The van der Waals surface area contributed by atoms with Gasteiger partial charge in [0, 0.05) is 55.6 Å². The third-order valence-electron chi connectivity index (χ3n) is 5.67. The number of methoxy groups -OCH3 is 1. The number of ether oxygens (including phenoxy) is 1. The van der Waals surface area contributed by atoms with Crippen LogP contribution in [-0.4, -0.2) is 53.5 Å². The van der Waals surface area contributed by atoms with Crippen molar-refractivity contribution in [3.63, 3.8) is 0 Å². The molecule has 0 bridgehead atoms. The highest BCUT2D eigenvalue weighted by molar-refractivity contribution is 7.13. The van der Waals surface area contributed by atoms with E-state index < -0.39 is 0 Å². The van der Waals surface area contributed by atoms with Crippen LogP contribution in [0.4, 0.5) is 4.39 Å². The molecule has 2 heterocycles. The fourth-order valence-electron chi connectivity index (χ4n) is 4.01. The molecule has 0 saturated carbocycles. The van der Waals surface area contributed by atoms with Crippen LogP contribution in [0.15, 0.2) is 47.8 Å². The first-order chi connectivity index (χ1) is 14.6. The SMILES string of the molecule is COc1ccc(CN2C[C@@H](CO)[C@H](CO)C2)cc1-c1nc(-c2ccc(F)cc2)cs1. The standard InChI is InChI=1S/C23H25FN2O3S/c1-29-22-7-2-15(9-26-10-17(12-27)18(11-26)13-28)8-20(22)23-25-21(14-30-23)16-3-5-19(24)6-4-16/h2-8,14,17-18,27-28H,9-13H2,1H3/t17-,18-/m0/s1. The smallest absolute Gasteiger partial charge is 0.129 e. The molecule has 3 aromatic rings. The van der Waals surface area contributed by atoms with Crippen molar-refractivity contribution in [3.05, 3.63) is 59.2 Å². The predicted molar refractivity (Wildman–Crippen MR) is 116 cm³/mol. The van der Waals surface area contributed by atoms with Crippen LogP contribution in [0.25, 0.3) is 21.8 Å². The molecular weight excluding hydrogens is 403 g/mol. The Morgan fingerprint density at radius 2 is 1.80 bits per heavy atom. The van der Waals surface area contributed by atoms with Gasteiger partial charge >= 0.3 is 0 Å². The Kier molecular flexibility index (Phi) is 6.43. The molecule has 1 aromatic heterocycles. The summed E-state index contributed by atoms with van der Waals surface area (Å²) >= 11 is 1.53. The molecule has 0 spiro atoms. The summed E-state index contributed by atoms with van der Waals surface area (Å²) in [4.78, 5) is 7.01. The predicted octanol–water partition coefficient (Wildman–Crippen LogP) is 3.66. The summed E-state index contributed by atoms with van der Waals surface area (Å²) in [5, 5.41) is 21.9. The Morgan fingerprint density at radius 1 is 1.10 bits per heavy atom.